The summed E-state index contributed by atoms with van der Waals surface area (Å²) in [6, 6.07) is 12.7. The molecule has 0 aliphatic rings. The molecule has 2 N–H and O–H groups in total. The van der Waals surface area contributed by atoms with Gasteiger partial charge in [0.15, 0.2) is 9.84 Å². The highest BCUT2D eigenvalue weighted by molar-refractivity contribution is 7.90. The average Bonchev–Trinajstić information content (AvgIpc) is 2.64. The number of hydrogen-bond acceptors (Lipinski definition) is 6. The number of aryl methyl sites for hydroxylation is 1. The molecule has 8 heteroatoms. The van der Waals surface area contributed by atoms with Gasteiger partial charge in [0.1, 0.15) is 24.2 Å². The summed E-state index contributed by atoms with van der Waals surface area (Å²) in [6.07, 6.45) is 1.29. The first kappa shape index (κ1) is 26.2. The van der Waals surface area contributed by atoms with E-state index >= 15 is 0 Å². The third-order valence-electron chi connectivity index (χ3n) is 4.61. The Morgan fingerprint density at radius 3 is 2.23 bits per heavy atom. The van der Waals surface area contributed by atoms with E-state index in [-0.39, 0.29) is 29.4 Å². The van der Waals surface area contributed by atoms with E-state index in [2.05, 4.69) is 19.2 Å². The lowest BCUT2D eigenvalue weighted by molar-refractivity contribution is 0.0988. The van der Waals surface area contributed by atoms with Gasteiger partial charge in [0.25, 0.3) is 0 Å². The van der Waals surface area contributed by atoms with E-state index in [4.69, 9.17) is 9.47 Å². The monoisotopic (exact) mass is 457 g/mol. The maximum atomic E-state index is 11.7. The van der Waals surface area contributed by atoms with Crippen molar-refractivity contribution in [1.82, 2.24) is 5.32 Å². The Morgan fingerprint density at radius 1 is 1.10 bits per heavy atom. The minimum atomic E-state index is -3.26. The van der Waals surface area contributed by atoms with Gasteiger partial charge in [-0.1, -0.05) is 12.1 Å². The van der Waals surface area contributed by atoms with Crippen molar-refractivity contribution >= 4 is 22.2 Å². The number of rotatable bonds is 10. The number of methoxy groups -OCH3 is 1. The highest BCUT2D eigenvalue weighted by atomic mass is 35.5. The lowest BCUT2D eigenvalue weighted by Crippen LogP contribution is -2.46. The molecule has 0 saturated heterocycles. The number of sulfone groups is 1. The van der Waals surface area contributed by atoms with Crippen molar-refractivity contribution in [1.29, 1.82) is 0 Å². The second-order valence-corrected chi connectivity index (χ2v) is 9.94. The molecule has 0 aliphatic carbocycles. The number of aliphatic hydroxyl groups is 1. The molecule has 2 aromatic carbocycles. The summed E-state index contributed by atoms with van der Waals surface area (Å²) >= 11 is 0. The average molecular weight is 458 g/mol. The summed E-state index contributed by atoms with van der Waals surface area (Å²) in [6.45, 7) is 6.38. The topological polar surface area (TPSA) is 84.9 Å². The number of aliphatic hydroxyl groups excluding tert-OH is 1. The van der Waals surface area contributed by atoms with Gasteiger partial charge >= 0.3 is 0 Å². The third kappa shape index (κ3) is 8.14. The molecule has 0 heterocycles. The van der Waals surface area contributed by atoms with Gasteiger partial charge < -0.3 is 19.9 Å². The summed E-state index contributed by atoms with van der Waals surface area (Å²) in [5.41, 5.74) is 1.59. The Kier molecular flexibility index (Phi) is 9.62. The molecular weight excluding hydrogens is 426 g/mol. The van der Waals surface area contributed by atoms with E-state index in [1.165, 1.54) is 17.9 Å². The third-order valence-corrected chi connectivity index (χ3v) is 5.87. The van der Waals surface area contributed by atoms with E-state index in [1.807, 2.05) is 24.3 Å². The number of β-amino-alcohol motifs (C(OH)–C–C–N with tert-alkyl or cyclic N) is 1. The van der Waals surface area contributed by atoms with Gasteiger partial charge in [-0.25, -0.2) is 8.42 Å². The van der Waals surface area contributed by atoms with Crippen LogP contribution in [0.25, 0.3) is 0 Å². The Balaban J connectivity index is 0.00000450. The number of benzene rings is 2. The van der Waals surface area contributed by atoms with Crippen LogP contribution in [-0.4, -0.2) is 51.7 Å². The smallest absolute Gasteiger partial charge is 0.175 e. The Morgan fingerprint density at radius 2 is 1.70 bits per heavy atom. The lowest BCUT2D eigenvalue weighted by Gasteiger charge is -2.28. The minimum Gasteiger partial charge on any atom is -0.497 e. The molecule has 0 aliphatic heterocycles. The highest BCUT2D eigenvalue weighted by Crippen LogP contribution is 2.21. The predicted molar refractivity (Wildman–Crippen MR) is 122 cm³/mol. The van der Waals surface area contributed by atoms with Crippen LogP contribution < -0.4 is 14.8 Å². The van der Waals surface area contributed by atoms with Gasteiger partial charge in [-0.15, -0.1) is 12.4 Å². The molecule has 2 rings (SSSR count). The molecule has 168 valence electrons. The van der Waals surface area contributed by atoms with Crippen LogP contribution in [0.2, 0.25) is 0 Å². The van der Waals surface area contributed by atoms with Crippen LogP contribution in [-0.2, 0) is 16.3 Å². The fourth-order valence-electron chi connectivity index (χ4n) is 3.09. The van der Waals surface area contributed by atoms with E-state index < -0.39 is 15.9 Å². The lowest BCUT2D eigenvalue weighted by atomic mass is 9.94. The molecule has 0 bridgehead atoms. The van der Waals surface area contributed by atoms with Crippen LogP contribution in [0.4, 0.5) is 0 Å². The first-order valence-corrected chi connectivity index (χ1v) is 11.4. The minimum absolute atomic E-state index is 0. The van der Waals surface area contributed by atoms with E-state index in [1.54, 1.807) is 26.2 Å². The number of ether oxygens (including phenoxy) is 2. The molecule has 2 aromatic rings. The molecule has 30 heavy (non-hydrogen) atoms. The fourth-order valence-corrected chi connectivity index (χ4v) is 4.05. The maximum Gasteiger partial charge on any atom is 0.175 e. The van der Waals surface area contributed by atoms with Crippen LogP contribution in [0.15, 0.2) is 47.4 Å². The highest BCUT2D eigenvalue weighted by Gasteiger charge is 2.20. The normalized spacial score (nSPS) is 12.7. The van der Waals surface area contributed by atoms with E-state index in [0.717, 1.165) is 12.2 Å². The summed E-state index contributed by atoms with van der Waals surface area (Å²) in [4.78, 5) is 0.285. The van der Waals surface area contributed by atoms with Gasteiger partial charge in [-0.05, 0) is 68.7 Å². The van der Waals surface area contributed by atoms with Crippen molar-refractivity contribution < 1.29 is 23.0 Å². The SMILES string of the molecule is COc1ccc(CC(C)(C)NCC(O)COc2ccc(S(C)(=O)=O)c(C)c2)cc1.Cl. The number of nitrogens with one attached hydrogen (secondary N) is 1. The van der Waals surface area contributed by atoms with E-state index in [0.29, 0.717) is 17.9 Å². The second kappa shape index (κ2) is 11.0. The number of halogens is 1. The summed E-state index contributed by atoms with van der Waals surface area (Å²) in [7, 11) is -1.61. The van der Waals surface area contributed by atoms with Crippen LogP contribution in [0.5, 0.6) is 11.5 Å². The Bertz CT molecular complexity index is 914. The van der Waals surface area contributed by atoms with Crippen molar-refractivity contribution in [2.75, 3.05) is 26.5 Å². The van der Waals surface area contributed by atoms with Crippen LogP contribution in [0, 0.1) is 6.92 Å². The van der Waals surface area contributed by atoms with Crippen molar-refractivity contribution in [2.24, 2.45) is 0 Å². The summed E-state index contributed by atoms with van der Waals surface area (Å²) in [5, 5.41) is 13.6. The molecule has 0 spiro atoms. The van der Waals surface area contributed by atoms with Crippen molar-refractivity contribution in [2.45, 2.75) is 43.7 Å². The van der Waals surface area contributed by atoms with Crippen LogP contribution in [0.3, 0.4) is 0 Å². The quantitative estimate of drug-likeness (QED) is 0.570. The van der Waals surface area contributed by atoms with E-state index in [9.17, 15) is 13.5 Å². The molecule has 0 aromatic heterocycles. The summed E-state index contributed by atoms with van der Waals surface area (Å²) < 4.78 is 34.2. The van der Waals surface area contributed by atoms with Crippen LogP contribution in [0.1, 0.15) is 25.0 Å². The van der Waals surface area contributed by atoms with Crippen LogP contribution >= 0.6 is 12.4 Å². The molecule has 0 amide bonds. The second-order valence-electron chi connectivity index (χ2n) is 7.95. The Labute approximate surface area is 185 Å². The predicted octanol–water partition coefficient (Wildman–Crippen LogP) is 3.18. The summed E-state index contributed by atoms with van der Waals surface area (Å²) in [5.74, 6) is 1.36. The molecule has 1 unspecified atom stereocenters. The van der Waals surface area contributed by atoms with Crippen molar-refractivity contribution in [3.8, 4) is 11.5 Å². The van der Waals surface area contributed by atoms with Gasteiger partial charge in [0.05, 0.1) is 12.0 Å². The van der Waals surface area contributed by atoms with Crippen molar-refractivity contribution in [3.05, 3.63) is 53.6 Å². The molecule has 1 atom stereocenters. The molecule has 0 fully saturated rings. The first-order valence-electron chi connectivity index (χ1n) is 9.50. The van der Waals surface area contributed by atoms with Gasteiger partial charge in [-0.3, -0.25) is 0 Å². The van der Waals surface area contributed by atoms with Gasteiger partial charge in [0, 0.05) is 18.3 Å². The molecule has 0 radical (unpaired) electrons. The largest absolute Gasteiger partial charge is 0.497 e. The Hall–Kier alpha value is -1.80. The van der Waals surface area contributed by atoms with Crippen molar-refractivity contribution in [3.63, 3.8) is 0 Å². The zero-order valence-corrected chi connectivity index (χ0v) is 19.8. The number of hydrogen-bond donors (Lipinski definition) is 2. The molecular formula is C22H32ClNO5S. The fraction of sp³-hybridized carbons (Fsp3) is 0.455. The first-order chi connectivity index (χ1) is 13.5. The maximum absolute atomic E-state index is 11.7. The molecule has 6 nitrogen and oxygen atoms in total. The standard InChI is InChI=1S/C22H31NO5S.ClH/c1-16-12-20(10-11-21(16)29(5,25)26)28-15-18(24)14-23-22(2,3)13-17-6-8-19(27-4)9-7-17;/h6-12,18,23-24H,13-15H2,1-5H3;1H. The molecule has 0 saturated carbocycles. The zero-order chi connectivity index (χ0) is 21.7. The van der Waals surface area contributed by atoms with Gasteiger partial charge in [-0.2, -0.15) is 0 Å². The zero-order valence-electron chi connectivity index (χ0n) is 18.1. The van der Waals surface area contributed by atoms with Gasteiger partial charge in [0.2, 0.25) is 0 Å².